The van der Waals surface area contributed by atoms with Crippen LogP contribution in [0, 0.1) is 0 Å². The molecule has 1 spiro atoms. The van der Waals surface area contributed by atoms with Crippen LogP contribution >= 0.6 is 0 Å². The molecule has 0 bridgehead atoms. The van der Waals surface area contributed by atoms with E-state index in [4.69, 9.17) is 0 Å². The summed E-state index contributed by atoms with van der Waals surface area (Å²) in [5.41, 5.74) is 8.74. The zero-order valence-electron chi connectivity index (χ0n) is 18.0. The van der Waals surface area contributed by atoms with Crippen molar-refractivity contribution in [3.8, 4) is 11.1 Å². The molecular weight excluding hydrogens is 362 g/mol. The van der Waals surface area contributed by atoms with Gasteiger partial charge >= 0.3 is 0 Å². The number of rotatable bonds is 0. The average molecular weight is 396 g/mol. The Morgan fingerprint density at radius 1 is 0.567 bits per heavy atom. The third kappa shape index (κ3) is 3.55. The van der Waals surface area contributed by atoms with Gasteiger partial charge in [0.25, 0.3) is 0 Å². The van der Waals surface area contributed by atoms with Crippen molar-refractivity contribution >= 4 is 5.69 Å². The largest absolute Gasteiger partial charge is 0.385 e. The van der Waals surface area contributed by atoms with Crippen LogP contribution in [0.5, 0.6) is 0 Å². The summed E-state index contributed by atoms with van der Waals surface area (Å²) in [4.78, 5) is 0. The van der Waals surface area contributed by atoms with Gasteiger partial charge in [0.15, 0.2) is 0 Å². The lowest BCUT2D eigenvalue weighted by Crippen LogP contribution is -2.35. The molecule has 5 rings (SSSR count). The molecule has 0 radical (unpaired) electrons. The second kappa shape index (κ2) is 8.68. The monoisotopic (exact) mass is 395 g/mol. The van der Waals surface area contributed by atoms with Crippen molar-refractivity contribution in [1.82, 2.24) is 0 Å². The fourth-order valence-corrected chi connectivity index (χ4v) is 5.80. The van der Waals surface area contributed by atoms with E-state index in [0.29, 0.717) is 0 Å². The highest BCUT2D eigenvalue weighted by atomic mass is 14.9. The summed E-state index contributed by atoms with van der Waals surface area (Å²) < 4.78 is 0. The maximum Gasteiger partial charge on any atom is 0.0381 e. The van der Waals surface area contributed by atoms with Crippen LogP contribution in [0.3, 0.4) is 0 Å². The maximum atomic E-state index is 3.83. The van der Waals surface area contributed by atoms with Crippen LogP contribution in [0.1, 0.15) is 68.1 Å². The molecular formula is C29H33N. The summed E-state index contributed by atoms with van der Waals surface area (Å²) >= 11 is 0. The van der Waals surface area contributed by atoms with Crippen molar-refractivity contribution in [2.24, 2.45) is 0 Å². The van der Waals surface area contributed by atoms with Gasteiger partial charge in [0.1, 0.15) is 0 Å². The quantitative estimate of drug-likeness (QED) is 0.410. The molecule has 1 N–H and O–H groups in total. The van der Waals surface area contributed by atoms with Crippen molar-refractivity contribution in [3.05, 3.63) is 89.5 Å². The van der Waals surface area contributed by atoms with Crippen LogP contribution in [0.25, 0.3) is 11.1 Å². The predicted molar refractivity (Wildman–Crippen MR) is 128 cm³/mol. The van der Waals surface area contributed by atoms with Gasteiger partial charge in [0.05, 0.1) is 0 Å². The predicted octanol–water partition coefficient (Wildman–Crippen LogP) is 7.74. The lowest BCUT2D eigenvalue weighted by molar-refractivity contribution is 0.433. The van der Waals surface area contributed by atoms with E-state index in [9.17, 15) is 0 Å². The first kappa shape index (κ1) is 19.4. The highest BCUT2D eigenvalue weighted by Gasteiger charge is 2.41. The summed E-state index contributed by atoms with van der Waals surface area (Å²) in [5, 5.41) is 3.83. The Hall–Kier alpha value is -2.54. The van der Waals surface area contributed by atoms with Gasteiger partial charge in [-0.1, -0.05) is 105 Å². The van der Waals surface area contributed by atoms with Crippen molar-refractivity contribution < 1.29 is 0 Å². The molecule has 2 aliphatic rings. The number of para-hydroxylation sites is 1. The fourth-order valence-electron chi connectivity index (χ4n) is 5.80. The van der Waals surface area contributed by atoms with E-state index in [2.05, 4.69) is 78.1 Å². The zero-order chi connectivity index (χ0) is 20.2. The molecule has 0 aromatic heterocycles. The minimum atomic E-state index is 0.0442. The Morgan fingerprint density at radius 3 is 2.07 bits per heavy atom. The van der Waals surface area contributed by atoms with Gasteiger partial charge in [-0.2, -0.15) is 0 Å². The Kier molecular flexibility index (Phi) is 5.62. The highest BCUT2D eigenvalue weighted by molar-refractivity contribution is 5.78. The van der Waals surface area contributed by atoms with E-state index in [0.717, 1.165) is 13.0 Å². The number of hydrogen-bond acceptors (Lipinski definition) is 1. The average Bonchev–Trinajstić information content (AvgIpc) is 2.81. The lowest BCUT2D eigenvalue weighted by atomic mass is 9.61. The molecule has 0 saturated carbocycles. The Balaban J connectivity index is 1.68. The molecule has 0 fully saturated rings. The SMILES string of the molecule is c1ccc2c(c1)CC1(CCCCCCCCCNc3ccccc31)c1ccccc1-2. The molecule has 3 aromatic carbocycles. The minimum absolute atomic E-state index is 0.0442. The molecule has 1 aliphatic carbocycles. The Labute approximate surface area is 181 Å². The Morgan fingerprint density at radius 2 is 1.20 bits per heavy atom. The first-order valence-electron chi connectivity index (χ1n) is 11.9. The number of nitrogens with one attached hydrogen (secondary N) is 1. The first-order chi connectivity index (χ1) is 14.9. The summed E-state index contributed by atoms with van der Waals surface area (Å²) in [6, 6.07) is 27.4. The first-order valence-corrected chi connectivity index (χ1v) is 11.9. The molecule has 1 aliphatic heterocycles. The van der Waals surface area contributed by atoms with Crippen LogP contribution in [0.4, 0.5) is 5.69 Å². The normalized spacial score (nSPS) is 21.7. The molecule has 0 amide bonds. The number of benzene rings is 3. The van der Waals surface area contributed by atoms with Crippen LogP contribution in [-0.2, 0) is 11.8 Å². The van der Waals surface area contributed by atoms with E-state index in [1.165, 1.54) is 84.9 Å². The molecule has 1 nitrogen and oxygen atoms in total. The van der Waals surface area contributed by atoms with Crippen molar-refractivity contribution in [1.29, 1.82) is 0 Å². The minimum Gasteiger partial charge on any atom is -0.385 e. The maximum absolute atomic E-state index is 3.83. The van der Waals surface area contributed by atoms with Gasteiger partial charge in [0.2, 0.25) is 0 Å². The van der Waals surface area contributed by atoms with E-state index >= 15 is 0 Å². The van der Waals surface area contributed by atoms with Gasteiger partial charge in [-0.25, -0.2) is 0 Å². The van der Waals surface area contributed by atoms with Gasteiger partial charge < -0.3 is 5.32 Å². The van der Waals surface area contributed by atoms with Crippen molar-refractivity contribution in [3.63, 3.8) is 0 Å². The standard InChI is InChI=1S/C29H33N/c1-2-4-12-20-29(27-18-10-11-19-28(27)30-21-13-5-3-1)22-23-14-6-7-15-24(23)25-16-8-9-17-26(25)29/h6-11,14-19,30H,1-5,12-13,20-22H2. The van der Waals surface area contributed by atoms with Crippen LogP contribution < -0.4 is 5.32 Å². The van der Waals surface area contributed by atoms with Gasteiger partial charge in [0, 0.05) is 17.6 Å². The van der Waals surface area contributed by atoms with Gasteiger partial charge in [-0.3, -0.25) is 0 Å². The Bertz CT molecular complexity index is 1000. The molecule has 0 saturated heterocycles. The molecule has 30 heavy (non-hydrogen) atoms. The molecule has 1 unspecified atom stereocenters. The van der Waals surface area contributed by atoms with Crippen molar-refractivity contribution in [2.45, 2.75) is 63.2 Å². The van der Waals surface area contributed by atoms with E-state index < -0.39 is 0 Å². The van der Waals surface area contributed by atoms with E-state index in [1.54, 1.807) is 0 Å². The van der Waals surface area contributed by atoms with Gasteiger partial charge in [-0.05, 0) is 53.1 Å². The molecule has 154 valence electrons. The number of fused-ring (bicyclic) bond motifs is 6. The third-order valence-corrected chi connectivity index (χ3v) is 7.28. The topological polar surface area (TPSA) is 12.0 Å². The second-order valence-electron chi connectivity index (χ2n) is 9.16. The van der Waals surface area contributed by atoms with Crippen LogP contribution in [0.2, 0.25) is 0 Å². The number of anilines is 1. The second-order valence-corrected chi connectivity index (χ2v) is 9.16. The summed E-state index contributed by atoms with van der Waals surface area (Å²) in [6.45, 7) is 1.07. The van der Waals surface area contributed by atoms with Crippen LogP contribution in [0.15, 0.2) is 72.8 Å². The fraction of sp³-hybridized carbons (Fsp3) is 0.379. The van der Waals surface area contributed by atoms with E-state index in [-0.39, 0.29) is 5.41 Å². The highest BCUT2D eigenvalue weighted by Crippen LogP contribution is 2.51. The third-order valence-electron chi connectivity index (χ3n) is 7.28. The molecule has 1 atom stereocenters. The summed E-state index contributed by atoms with van der Waals surface area (Å²) in [7, 11) is 0. The van der Waals surface area contributed by atoms with Gasteiger partial charge in [-0.15, -0.1) is 0 Å². The summed E-state index contributed by atoms with van der Waals surface area (Å²) in [6.07, 6.45) is 11.7. The zero-order valence-corrected chi connectivity index (χ0v) is 18.0. The van der Waals surface area contributed by atoms with Crippen LogP contribution in [-0.4, -0.2) is 6.54 Å². The van der Waals surface area contributed by atoms with Crippen molar-refractivity contribution in [2.75, 3.05) is 11.9 Å². The smallest absolute Gasteiger partial charge is 0.0381 e. The molecule has 3 aromatic rings. The molecule has 1 heteroatoms. The summed E-state index contributed by atoms with van der Waals surface area (Å²) in [5.74, 6) is 0. The molecule has 1 heterocycles. The van der Waals surface area contributed by atoms with E-state index in [1.807, 2.05) is 0 Å². The number of hydrogen-bond donors (Lipinski definition) is 1. The lowest BCUT2D eigenvalue weighted by Gasteiger charge is -2.42.